The highest BCUT2D eigenvalue weighted by molar-refractivity contribution is 5.84. The minimum absolute atomic E-state index is 0.0796. The molecule has 6 nitrogen and oxygen atoms in total. The molecule has 0 fully saturated rings. The van der Waals surface area contributed by atoms with Crippen LogP contribution in [0, 0.1) is 0 Å². The van der Waals surface area contributed by atoms with Gasteiger partial charge in [-0.3, -0.25) is 9.78 Å². The third kappa shape index (κ3) is 5.10. The van der Waals surface area contributed by atoms with Gasteiger partial charge in [0.25, 0.3) is 5.91 Å². The van der Waals surface area contributed by atoms with E-state index >= 15 is 0 Å². The van der Waals surface area contributed by atoms with Crippen molar-refractivity contribution in [1.82, 2.24) is 15.4 Å². The van der Waals surface area contributed by atoms with Gasteiger partial charge in [-0.25, -0.2) is 10.4 Å². The Labute approximate surface area is 158 Å². The van der Waals surface area contributed by atoms with Crippen molar-refractivity contribution in [3.8, 4) is 5.75 Å². The van der Waals surface area contributed by atoms with Crippen molar-refractivity contribution in [2.75, 3.05) is 6.61 Å². The number of carbonyl (C=O) groups is 1. The van der Waals surface area contributed by atoms with Crippen molar-refractivity contribution in [3.05, 3.63) is 66.0 Å². The number of hydrogen-bond acceptors (Lipinski definition) is 5. The van der Waals surface area contributed by atoms with Gasteiger partial charge in [0.1, 0.15) is 11.4 Å². The van der Waals surface area contributed by atoms with E-state index < -0.39 is 0 Å². The molecule has 3 rings (SSSR count). The largest absolute Gasteiger partial charge is 0.484 e. The number of hydrogen-bond donors (Lipinski definition) is 1. The van der Waals surface area contributed by atoms with E-state index in [1.807, 2.05) is 48.5 Å². The summed E-state index contributed by atoms with van der Waals surface area (Å²) in [4.78, 5) is 20.5. The van der Waals surface area contributed by atoms with Crippen molar-refractivity contribution in [2.24, 2.45) is 5.10 Å². The first kappa shape index (κ1) is 18.5. The molecule has 27 heavy (non-hydrogen) atoms. The minimum atomic E-state index is -0.347. The van der Waals surface area contributed by atoms with Gasteiger partial charge in [-0.05, 0) is 35.2 Å². The first-order valence-corrected chi connectivity index (χ1v) is 8.69. The second-order valence-electron chi connectivity index (χ2n) is 7.14. The number of benzene rings is 2. The lowest BCUT2D eigenvalue weighted by atomic mass is 9.87. The average Bonchev–Trinajstić information content (AvgIpc) is 2.66. The second-order valence-corrected chi connectivity index (χ2v) is 7.14. The van der Waals surface area contributed by atoms with E-state index in [0.29, 0.717) is 11.4 Å². The fraction of sp³-hybridized carbons (Fsp3) is 0.238. The summed E-state index contributed by atoms with van der Waals surface area (Å²) in [6, 6.07) is 15.3. The highest BCUT2D eigenvalue weighted by Crippen LogP contribution is 2.24. The molecule has 1 heterocycles. The van der Waals surface area contributed by atoms with E-state index in [-0.39, 0.29) is 17.9 Å². The zero-order valence-electron chi connectivity index (χ0n) is 15.6. The Morgan fingerprint density at radius 1 is 1.11 bits per heavy atom. The van der Waals surface area contributed by atoms with Gasteiger partial charge in [0, 0.05) is 0 Å². The monoisotopic (exact) mass is 362 g/mol. The summed E-state index contributed by atoms with van der Waals surface area (Å²) >= 11 is 0. The third-order valence-corrected chi connectivity index (χ3v) is 3.94. The van der Waals surface area contributed by atoms with Gasteiger partial charge in [-0.2, -0.15) is 5.10 Å². The van der Waals surface area contributed by atoms with Crippen LogP contribution in [0.2, 0.25) is 0 Å². The first-order valence-electron chi connectivity index (χ1n) is 8.69. The summed E-state index contributed by atoms with van der Waals surface area (Å²) in [6.45, 7) is 6.33. The standard InChI is InChI=1S/C21H22N4O2/c1-21(2,3)15-8-10-17(11-9-15)27-14-20(26)25-23-13-16-12-22-18-6-4-5-7-19(18)24-16/h4-13H,14H2,1-3H3,(H,25,26)/b23-13-. The highest BCUT2D eigenvalue weighted by atomic mass is 16.5. The number of hydrazone groups is 1. The first-order chi connectivity index (χ1) is 12.9. The fourth-order valence-corrected chi connectivity index (χ4v) is 2.44. The van der Waals surface area contributed by atoms with Crippen LogP contribution in [0.4, 0.5) is 0 Å². The summed E-state index contributed by atoms with van der Waals surface area (Å²) in [5.41, 5.74) is 5.86. The molecule has 0 spiro atoms. The average molecular weight is 362 g/mol. The van der Waals surface area contributed by atoms with Crippen LogP contribution in [0.15, 0.2) is 59.8 Å². The van der Waals surface area contributed by atoms with Crippen LogP contribution in [0.5, 0.6) is 5.75 Å². The molecule has 1 aromatic heterocycles. The van der Waals surface area contributed by atoms with Gasteiger partial charge >= 0.3 is 0 Å². The van der Waals surface area contributed by atoms with E-state index in [9.17, 15) is 4.79 Å². The number of nitrogens with zero attached hydrogens (tertiary/aromatic N) is 3. The van der Waals surface area contributed by atoms with E-state index in [2.05, 4.69) is 41.3 Å². The number of nitrogens with one attached hydrogen (secondary N) is 1. The van der Waals surface area contributed by atoms with Crippen molar-refractivity contribution in [2.45, 2.75) is 26.2 Å². The van der Waals surface area contributed by atoms with E-state index in [1.54, 1.807) is 6.20 Å². The molecular weight excluding hydrogens is 340 g/mol. The summed E-state index contributed by atoms with van der Waals surface area (Å²) in [6.07, 6.45) is 3.06. The van der Waals surface area contributed by atoms with Crippen molar-refractivity contribution < 1.29 is 9.53 Å². The Balaban J connectivity index is 1.51. The van der Waals surface area contributed by atoms with Crippen LogP contribution in [0.3, 0.4) is 0 Å². The predicted octanol–water partition coefficient (Wildman–Crippen LogP) is 3.46. The maximum atomic E-state index is 11.9. The lowest BCUT2D eigenvalue weighted by molar-refractivity contribution is -0.123. The summed E-state index contributed by atoms with van der Waals surface area (Å²) in [5.74, 6) is 0.294. The molecule has 0 radical (unpaired) electrons. The van der Waals surface area contributed by atoms with Crippen LogP contribution in [0.25, 0.3) is 11.0 Å². The molecule has 3 aromatic rings. The van der Waals surface area contributed by atoms with Crippen molar-refractivity contribution in [1.29, 1.82) is 0 Å². The molecular formula is C21H22N4O2. The van der Waals surface area contributed by atoms with Crippen molar-refractivity contribution in [3.63, 3.8) is 0 Å². The Hall–Kier alpha value is -3.28. The Bertz CT molecular complexity index is 960. The molecule has 6 heteroatoms. The number of ether oxygens (including phenoxy) is 1. The maximum Gasteiger partial charge on any atom is 0.277 e. The van der Waals surface area contributed by atoms with Gasteiger partial charge in [0.05, 0.1) is 23.4 Å². The fourth-order valence-electron chi connectivity index (χ4n) is 2.44. The number of para-hydroxylation sites is 2. The molecule has 0 unspecified atom stereocenters. The molecule has 138 valence electrons. The van der Waals surface area contributed by atoms with Crippen LogP contribution in [0.1, 0.15) is 32.0 Å². The van der Waals surface area contributed by atoms with Gasteiger partial charge in [0.2, 0.25) is 0 Å². The molecule has 1 N–H and O–H groups in total. The van der Waals surface area contributed by atoms with Crippen LogP contribution >= 0.6 is 0 Å². The van der Waals surface area contributed by atoms with Crippen LogP contribution in [-0.2, 0) is 10.2 Å². The topological polar surface area (TPSA) is 76.5 Å². The Morgan fingerprint density at radius 2 is 1.81 bits per heavy atom. The zero-order valence-corrected chi connectivity index (χ0v) is 15.6. The zero-order chi connectivity index (χ0) is 19.3. The highest BCUT2D eigenvalue weighted by Gasteiger charge is 2.13. The molecule has 0 aliphatic carbocycles. The molecule has 0 aliphatic rings. The lowest BCUT2D eigenvalue weighted by Crippen LogP contribution is -2.24. The van der Waals surface area contributed by atoms with E-state index in [4.69, 9.17) is 4.74 Å². The van der Waals surface area contributed by atoms with Gasteiger partial charge < -0.3 is 4.74 Å². The minimum Gasteiger partial charge on any atom is -0.484 e. The third-order valence-electron chi connectivity index (χ3n) is 3.94. The van der Waals surface area contributed by atoms with Gasteiger partial charge in [0.15, 0.2) is 6.61 Å². The van der Waals surface area contributed by atoms with Crippen LogP contribution < -0.4 is 10.2 Å². The van der Waals surface area contributed by atoms with Crippen LogP contribution in [-0.4, -0.2) is 28.7 Å². The lowest BCUT2D eigenvalue weighted by Gasteiger charge is -2.19. The second kappa shape index (κ2) is 7.95. The van der Waals surface area contributed by atoms with E-state index in [0.717, 1.165) is 11.0 Å². The number of aromatic nitrogens is 2. The molecule has 1 amide bonds. The molecule has 0 aliphatic heterocycles. The molecule has 0 saturated heterocycles. The number of rotatable bonds is 5. The quantitative estimate of drug-likeness (QED) is 0.557. The number of carbonyl (C=O) groups excluding carboxylic acids is 1. The SMILES string of the molecule is CC(C)(C)c1ccc(OCC(=O)N/N=C\c2cnc3ccccc3n2)cc1. The predicted molar refractivity (Wildman–Crippen MR) is 106 cm³/mol. The van der Waals surface area contributed by atoms with Crippen molar-refractivity contribution >= 4 is 23.2 Å². The van der Waals surface area contributed by atoms with E-state index in [1.165, 1.54) is 11.8 Å². The van der Waals surface area contributed by atoms with Gasteiger partial charge in [-0.15, -0.1) is 0 Å². The molecule has 0 saturated carbocycles. The molecule has 0 bridgehead atoms. The Kier molecular flexibility index (Phi) is 5.45. The van der Waals surface area contributed by atoms with Gasteiger partial charge in [-0.1, -0.05) is 45.0 Å². The summed E-state index contributed by atoms with van der Waals surface area (Å²) in [5, 5.41) is 3.90. The maximum absolute atomic E-state index is 11.9. The Morgan fingerprint density at radius 3 is 2.52 bits per heavy atom. The molecule has 0 atom stereocenters. The molecule has 2 aromatic carbocycles. The number of fused-ring (bicyclic) bond motifs is 1. The number of amides is 1. The summed E-state index contributed by atoms with van der Waals surface area (Å²) < 4.78 is 5.48. The summed E-state index contributed by atoms with van der Waals surface area (Å²) in [7, 11) is 0. The smallest absolute Gasteiger partial charge is 0.277 e. The normalized spacial score (nSPS) is 11.7.